The minimum atomic E-state index is -0.798. The van der Waals surface area contributed by atoms with E-state index in [-0.39, 0.29) is 31.1 Å². The third kappa shape index (κ3) is 49.7. The van der Waals surface area contributed by atoms with Gasteiger partial charge in [0.2, 0.25) is 0 Å². The molecule has 0 unspecified atom stereocenters. The molecular weight excluding hydrogens is 781 g/mol. The van der Waals surface area contributed by atoms with Crippen molar-refractivity contribution < 1.29 is 28.6 Å². The summed E-state index contributed by atoms with van der Waals surface area (Å²) < 4.78 is 16.8. The fourth-order valence-electron chi connectivity index (χ4n) is 7.12. The fourth-order valence-corrected chi connectivity index (χ4v) is 7.12. The molecule has 1 atom stereocenters. The molecule has 0 fully saturated rings. The van der Waals surface area contributed by atoms with Crippen LogP contribution >= 0.6 is 0 Å². The first-order valence-corrected chi connectivity index (χ1v) is 26.4. The van der Waals surface area contributed by atoms with Crippen molar-refractivity contribution in [1.29, 1.82) is 0 Å². The summed E-state index contributed by atoms with van der Waals surface area (Å²) in [5, 5.41) is 0. The van der Waals surface area contributed by atoms with Crippen LogP contribution in [0.3, 0.4) is 0 Å². The third-order valence-electron chi connectivity index (χ3n) is 11.2. The maximum Gasteiger partial charge on any atom is 0.306 e. The van der Waals surface area contributed by atoms with E-state index >= 15 is 0 Å². The summed E-state index contributed by atoms with van der Waals surface area (Å²) in [4.78, 5) is 38.0. The van der Waals surface area contributed by atoms with Crippen LogP contribution in [-0.4, -0.2) is 37.2 Å². The van der Waals surface area contributed by atoms with E-state index < -0.39 is 6.10 Å². The standard InChI is InChI=1S/C57H98O6/c1-4-7-10-13-16-19-22-25-27-28-30-33-36-39-42-45-48-51-57(60)63-54(52-61-55(58)49-46-43-40-37-34-31-24-21-18-15-12-9-6-3)53-62-56(59)50-47-44-41-38-35-32-29-26-23-20-17-14-11-8-5-2/h16-17,19-21,24-27,29,35,38,54H,4-15,18,22-23,28,30-34,36-37,39-53H2,1-3H3/b19-16-,20-17-,24-21-,27-25-,29-26-,38-35-/t54-/m0/s1. The number of unbranched alkanes of at least 4 members (excludes halogenated alkanes) is 24. The van der Waals surface area contributed by atoms with Gasteiger partial charge >= 0.3 is 17.9 Å². The predicted molar refractivity (Wildman–Crippen MR) is 270 cm³/mol. The van der Waals surface area contributed by atoms with E-state index in [9.17, 15) is 14.4 Å². The molecule has 0 saturated carbocycles. The molecule has 362 valence electrons. The number of allylic oxidation sites excluding steroid dienone is 12. The SMILES string of the molecule is CCCCC/C=C\C/C=C\C/C=C\CCCCC(=O)OC[C@H](COC(=O)CCCCCCC/C=C\CCCCCC)OC(=O)CCCCCCCCC/C=C\C/C=C\CCCCC. The van der Waals surface area contributed by atoms with Gasteiger partial charge in [-0.2, -0.15) is 0 Å². The Balaban J connectivity index is 4.46. The second-order valence-corrected chi connectivity index (χ2v) is 17.4. The number of carbonyl (C=O) groups excluding carboxylic acids is 3. The van der Waals surface area contributed by atoms with Gasteiger partial charge in [0.15, 0.2) is 6.10 Å². The van der Waals surface area contributed by atoms with Crippen LogP contribution in [0.1, 0.15) is 252 Å². The van der Waals surface area contributed by atoms with Gasteiger partial charge in [0.05, 0.1) is 0 Å². The Hall–Kier alpha value is -3.15. The molecule has 0 bridgehead atoms. The molecule has 0 aromatic carbocycles. The number of hydrogen-bond acceptors (Lipinski definition) is 6. The van der Waals surface area contributed by atoms with Crippen LogP contribution in [0.4, 0.5) is 0 Å². The molecule has 0 rings (SSSR count). The maximum absolute atomic E-state index is 12.8. The van der Waals surface area contributed by atoms with E-state index in [1.165, 1.54) is 122 Å². The molecular formula is C57H98O6. The molecule has 0 amide bonds. The summed E-state index contributed by atoms with van der Waals surface area (Å²) in [5.74, 6) is -0.949. The number of esters is 3. The average Bonchev–Trinajstić information content (AvgIpc) is 3.28. The van der Waals surface area contributed by atoms with Crippen molar-refractivity contribution in [2.24, 2.45) is 0 Å². The molecule has 0 aliphatic rings. The zero-order valence-electron chi connectivity index (χ0n) is 41.3. The van der Waals surface area contributed by atoms with Gasteiger partial charge in [0.1, 0.15) is 13.2 Å². The average molecular weight is 879 g/mol. The zero-order chi connectivity index (χ0) is 45.8. The lowest BCUT2D eigenvalue weighted by Gasteiger charge is -2.18. The van der Waals surface area contributed by atoms with Crippen molar-refractivity contribution in [2.45, 2.75) is 258 Å². The first-order chi connectivity index (χ1) is 31.0. The summed E-state index contributed by atoms with van der Waals surface area (Å²) in [6, 6.07) is 0. The molecule has 0 aliphatic carbocycles. The molecule has 6 heteroatoms. The monoisotopic (exact) mass is 879 g/mol. The Morgan fingerprint density at radius 2 is 0.571 bits per heavy atom. The second-order valence-electron chi connectivity index (χ2n) is 17.4. The number of rotatable bonds is 47. The zero-order valence-corrected chi connectivity index (χ0v) is 41.3. The molecule has 0 aromatic rings. The second kappa shape index (κ2) is 51.5. The maximum atomic E-state index is 12.8. The fraction of sp³-hybridized carbons (Fsp3) is 0.737. The molecule has 0 aliphatic heterocycles. The molecule has 0 aromatic heterocycles. The highest BCUT2D eigenvalue weighted by atomic mass is 16.6. The quantitative estimate of drug-likeness (QED) is 0.0262. The van der Waals surface area contributed by atoms with E-state index in [4.69, 9.17) is 14.2 Å². The lowest BCUT2D eigenvalue weighted by molar-refractivity contribution is -0.167. The van der Waals surface area contributed by atoms with Gasteiger partial charge in [-0.3, -0.25) is 14.4 Å². The van der Waals surface area contributed by atoms with Gasteiger partial charge in [-0.15, -0.1) is 0 Å². The van der Waals surface area contributed by atoms with Crippen LogP contribution in [0.2, 0.25) is 0 Å². The van der Waals surface area contributed by atoms with Crippen molar-refractivity contribution in [3.63, 3.8) is 0 Å². The van der Waals surface area contributed by atoms with Crippen LogP contribution < -0.4 is 0 Å². The highest BCUT2D eigenvalue weighted by Gasteiger charge is 2.19. The van der Waals surface area contributed by atoms with E-state index in [1.807, 2.05) is 0 Å². The van der Waals surface area contributed by atoms with Crippen LogP contribution in [-0.2, 0) is 28.6 Å². The third-order valence-corrected chi connectivity index (χ3v) is 11.2. The number of ether oxygens (including phenoxy) is 3. The van der Waals surface area contributed by atoms with Crippen molar-refractivity contribution in [3.8, 4) is 0 Å². The van der Waals surface area contributed by atoms with E-state index in [1.54, 1.807) is 0 Å². The highest BCUT2D eigenvalue weighted by molar-refractivity contribution is 5.71. The Labute approximate surface area is 389 Å². The van der Waals surface area contributed by atoms with Crippen molar-refractivity contribution >= 4 is 17.9 Å². The summed E-state index contributed by atoms with van der Waals surface area (Å²) in [5.41, 5.74) is 0. The first kappa shape index (κ1) is 59.9. The first-order valence-electron chi connectivity index (χ1n) is 26.4. The normalized spacial score (nSPS) is 12.6. The van der Waals surface area contributed by atoms with Crippen LogP contribution in [0, 0.1) is 0 Å². The lowest BCUT2D eigenvalue weighted by Crippen LogP contribution is -2.30. The van der Waals surface area contributed by atoms with Crippen molar-refractivity contribution in [1.82, 2.24) is 0 Å². The molecule has 63 heavy (non-hydrogen) atoms. The summed E-state index contributed by atoms with van der Waals surface area (Å²) in [6.45, 7) is 6.52. The Morgan fingerprint density at radius 3 is 0.968 bits per heavy atom. The van der Waals surface area contributed by atoms with Crippen LogP contribution in [0.25, 0.3) is 0 Å². The van der Waals surface area contributed by atoms with E-state index in [0.29, 0.717) is 19.3 Å². The van der Waals surface area contributed by atoms with Crippen molar-refractivity contribution in [2.75, 3.05) is 13.2 Å². The minimum absolute atomic E-state index is 0.0952. The smallest absolute Gasteiger partial charge is 0.306 e. The number of hydrogen-bond donors (Lipinski definition) is 0. The van der Waals surface area contributed by atoms with E-state index in [2.05, 4.69) is 93.7 Å². The van der Waals surface area contributed by atoms with Gasteiger partial charge in [-0.25, -0.2) is 0 Å². The van der Waals surface area contributed by atoms with Crippen LogP contribution in [0.5, 0.6) is 0 Å². The molecule has 0 N–H and O–H groups in total. The molecule has 0 heterocycles. The Morgan fingerprint density at radius 1 is 0.317 bits per heavy atom. The Kier molecular flexibility index (Phi) is 48.9. The van der Waals surface area contributed by atoms with Gasteiger partial charge in [-0.05, 0) is 116 Å². The molecule has 6 nitrogen and oxygen atoms in total. The molecule has 0 saturated heterocycles. The molecule has 0 spiro atoms. The Bertz CT molecular complexity index is 1190. The molecule has 0 radical (unpaired) electrons. The highest BCUT2D eigenvalue weighted by Crippen LogP contribution is 2.14. The minimum Gasteiger partial charge on any atom is -0.462 e. The topological polar surface area (TPSA) is 78.9 Å². The summed E-state index contributed by atoms with van der Waals surface area (Å²) in [6.07, 6.45) is 64.5. The van der Waals surface area contributed by atoms with Gasteiger partial charge in [0.25, 0.3) is 0 Å². The van der Waals surface area contributed by atoms with E-state index in [0.717, 1.165) is 89.9 Å². The van der Waals surface area contributed by atoms with Crippen LogP contribution in [0.15, 0.2) is 72.9 Å². The number of carbonyl (C=O) groups is 3. The lowest BCUT2D eigenvalue weighted by atomic mass is 10.1. The predicted octanol–water partition coefficient (Wildman–Crippen LogP) is 17.4. The van der Waals surface area contributed by atoms with Crippen molar-refractivity contribution in [3.05, 3.63) is 72.9 Å². The summed E-state index contributed by atoms with van der Waals surface area (Å²) in [7, 11) is 0. The van der Waals surface area contributed by atoms with Gasteiger partial charge < -0.3 is 14.2 Å². The summed E-state index contributed by atoms with van der Waals surface area (Å²) >= 11 is 0. The van der Waals surface area contributed by atoms with Gasteiger partial charge in [-0.1, -0.05) is 190 Å². The van der Waals surface area contributed by atoms with Gasteiger partial charge in [0, 0.05) is 19.3 Å². The largest absolute Gasteiger partial charge is 0.462 e.